The third-order valence-electron chi connectivity index (χ3n) is 5.10. The Morgan fingerprint density at radius 3 is 2.08 bits per heavy atom. The second-order valence-corrected chi connectivity index (χ2v) is 7.56. The summed E-state index contributed by atoms with van der Waals surface area (Å²) in [6, 6.07) is 0. The summed E-state index contributed by atoms with van der Waals surface area (Å²) in [6.45, 7) is 4.31. The van der Waals surface area contributed by atoms with Crippen LogP contribution in [0, 0.1) is 0 Å². The molecule has 0 saturated heterocycles. The molecule has 0 aromatic rings. The fourth-order valence-electron chi connectivity index (χ4n) is 3.48. The van der Waals surface area contributed by atoms with Gasteiger partial charge in [-0.2, -0.15) is 0 Å². The normalized spacial score (nSPS) is 18.2. The molecule has 1 heterocycles. The summed E-state index contributed by atoms with van der Waals surface area (Å²) in [5, 5.41) is 3.40. The highest BCUT2D eigenvalue weighted by molar-refractivity contribution is 4.95. The van der Waals surface area contributed by atoms with E-state index in [0.29, 0.717) is 6.17 Å². The van der Waals surface area contributed by atoms with Crippen molar-refractivity contribution < 1.29 is 0 Å². The summed E-state index contributed by atoms with van der Waals surface area (Å²) in [6.07, 6.45) is 28.3. The lowest BCUT2D eigenvalue weighted by atomic mass is 10.0. The van der Waals surface area contributed by atoms with Crippen LogP contribution in [0.2, 0.25) is 0 Å². The van der Waals surface area contributed by atoms with Gasteiger partial charge in [0.25, 0.3) is 0 Å². The zero-order valence-electron chi connectivity index (χ0n) is 16.9. The van der Waals surface area contributed by atoms with Gasteiger partial charge in [-0.15, -0.1) is 0 Å². The fraction of sp³-hybridized carbons (Fsp3) is 0.818. The molecule has 0 fully saturated rings. The highest BCUT2D eigenvalue weighted by Crippen LogP contribution is 2.16. The van der Waals surface area contributed by atoms with Crippen LogP contribution in [0.1, 0.15) is 104 Å². The van der Waals surface area contributed by atoms with Gasteiger partial charge < -0.3 is 16.0 Å². The Labute approximate surface area is 157 Å². The van der Waals surface area contributed by atoms with Gasteiger partial charge in [0.2, 0.25) is 0 Å². The van der Waals surface area contributed by atoms with E-state index in [0.717, 1.165) is 0 Å². The molecule has 0 aliphatic carbocycles. The molecule has 0 aromatic heterocycles. The minimum absolute atomic E-state index is 0.100. The first-order valence-electron chi connectivity index (χ1n) is 10.9. The first kappa shape index (κ1) is 22.1. The van der Waals surface area contributed by atoms with E-state index in [4.69, 9.17) is 5.73 Å². The lowest BCUT2D eigenvalue weighted by Crippen LogP contribution is -2.44. The van der Waals surface area contributed by atoms with Crippen molar-refractivity contribution in [1.29, 1.82) is 0 Å². The maximum Gasteiger partial charge on any atom is 0.0995 e. The number of allylic oxidation sites excluding steroid dienone is 2. The van der Waals surface area contributed by atoms with E-state index in [1.165, 1.54) is 89.9 Å². The van der Waals surface area contributed by atoms with Crippen LogP contribution >= 0.6 is 0 Å². The average Bonchev–Trinajstić information content (AvgIpc) is 3.07. The molecule has 0 saturated carbocycles. The molecule has 0 bridgehead atoms. The SMILES string of the molecule is CCCC/C=C/CCCCCCCCCCCC1NC=CN1C(C)N. The number of nitrogens with two attached hydrogens (primary N) is 1. The summed E-state index contributed by atoms with van der Waals surface area (Å²) in [5.74, 6) is 0. The van der Waals surface area contributed by atoms with Crippen molar-refractivity contribution in [3.05, 3.63) is 24.6 Å². The Kier molecular flexibility index (Phi) is 13.5. The first-order valence-corrected chi connectivity index (χ1v) is 10.9. The number of hydrogen-bond donors (Lipinski definition) is 2. The smallest absolute Gasteiger partial charge is 0.0995 e. The summed E-state index contributed by atoms with van der Waals surface area (Å²) < 4.78 is 0. The lowest BCUT2D eigenvalue weighted by Gasteiger charge is -2.28. The van der Waals surface area contributed by atoms with E-state index < -0.39 is 0 Å². The molecule has 0 radical (unpaired) electrons. The van der Waals surface area contributed by atoms with Crippen LogP contribution in [0.4, 0.5) is 0 Å². The zero-order valence-corrected chi connectivity index (χ0v) is 16.9. The predicted octanol–water partition coefficient (Wildman–Crippen LogP) is 6.03. The quantitative estimate of drug-likeness (QED) is 0.264. The zero-order chi connectivity index (χ0) is 18.2. The minimum Gasteiger partial charge on any atom is -0.370 e. The molecule has 146 valence electrons. The molecule has 1 rings (SSSR count). The topological polar surface area (TPSA) is 41.3 Å². The Morgan fingerprint density at radius 1 is 0.920 bits per heavy atom. The van der Waals surface area contributed by atoms with Crippen molar-refractivity contribution in [3.8, 4) is 0 Å². The van der Waals surface area contributed by atoms with Gasteiger partial charge in [0.05, 0.1) is 12.3 Å². The number of nitrogens with one attached hydrogen (secondary N) is 1. The van der Waals surface area contributed by atoms with Crippen LogP contribution in [0.5, 0.6) is 0 Å². The van der Waals surface area contributed by atoms with Crippen LogP contribution in [0.25, 0.3) is 0 Å². The van der Waals surface area contributed by atoms with Crippen molar-refractivity contribution >= 4 is 0 Å². The summed E-state index contributed by atoms with van der Waals surface area (Å²) in [4.78, 5) is 2.22. The molecule has 1 aliphatic heterocycles. The summed E-state index contributed by atoms with van der Waals surface area (Å²) in [5.41, 5.74) is 5.98. The number of hydrogen-bond acceptors (Lipinski definition) is 3. The first-order chi connectivity index (χ1) is 12.3. The largest absolute Gasteiger partial charge is 0.370 e. The lowest BCUT2D eigenvalue weighted by molar-refractivity contribution is 0.208. The fourth-order valence-corrected chi connectivity index (χ4v) is 3.48. The highest BCUT2D eigenvalue weighted by Gasteiger charge is 2.20. The molecular weight excluding hydrogens is 306 g/mol. The monoisotopic (exact) mass is 349 g/mol. The van der Waals surface area contributed by atoms with E-state index in [9.17, 15) is 0 Å². The summed E-state index contributed by atoms with van der Waals surface area (Å²) in [7, 11) is 0. The van der Waals surface area contributed by atoms with Crippen LogP contribution in [-0.4, -0.2) is 17.2 Å². The molecule has 3 N–H and O–H groups in total. The molecule has 25 heavy (non-hydrogen) atoms. The van der Waals surface area contributed by atoms with Crippen molar-refractivity contribution in [2.45, 2.75) is 116 Å². The molecule has 2 unspecified atom stereocenters. The van der Waals surface area contributed by atoms with Crippen molar-refractivity contribution in [1.82, 2.24) is 10.2 Å². The molecule has 0 spiro atoms. The van der Waals surface area contributed by atoms with Crippen molar-refractivity contribution in [2.24, 2.45) is 5.73 Å². The Morgan fingerprint density at radius 2 is 1.48 bits per heavy atom. The van der Waals surface area contributed by atoms with Crippen LogP contribution < -0.4 is 11.1 Å². The van der Waals surface area contributed by atoms with Crippen LogP contribution in [0.3, 0.4) is 0 Å². The van der Waals surface area contributed by atoms with Crippen molar-refractivity contribution in [2.75, 3.05) is 0 Å². The molecule has 0 aromatic carbocycles. The number of unbranched alkanes of at least 4 members (excludes halogenated alkanes) is 11. The van der Waals surface area contributed by atoms with E-state index in [-0.39, 0.29) is 6.17 Å². The number of rotatable bonds is 16. The van der Waals surface area contributed by atoms with Crippen LogP contribution in [0.15, 0.2) is 24.6 Å². The molecule has 2 atom stereocenters. The predicted molar refractivity (Wildman–Crippen MR) is 111 cm³/mol. The van der Waals surface area contributed by atoms with Gasteiger partial charge in [0.15, 0.2) is 0 Å². The standard InChI is InChI=1S/C22H43N3/c1-3-4-5-6-7-8-9-10-11-12-13-14-15-16-17-18-22-24-19-20-25(22)21(2)23/h6-7,19-22,24H,3-5,8-18,23H2,1-2H3/b7-6+. The van der Waals surface area contributed by atoms with Crippen molar-refractivity contribution in [3.63, 3.8) is 0 Å². The van der Waals surface area contributed by atoms with Gasteiger partial charge in [-0.1, -0.05) is 76.9 Å². The molecule has 1 aliphatic rings. The maximum atomic E-state index is 5.98. The maximum absolute atomic E-state index is 5.98. The molecular formula is C22H43N3. The van der Waals surface area contributed by atoms with E-state index >= 15 is 0 Å². The van der Waals surface area contributed by atoms with Gasteiger partial charge in [-0.25, -0.2) is 0 Å². The third kappa shape index (κ3) is 11.3. The van der Waals surface area contributed by atoms with E-state index in [1.807, 2.05) is 13.1 Å². The third-order valence-corrected chi connectivity index (χ3v) is 5.10. The Balaban J connectivity index is 1.80. The van der Waals surface area contributed by atoms with Crippen LogP contribution in [-0.2, 0) is 0 Å². The van der Waals surface area contributed by atoms with E-state index in [2.05, 4.69) is 35.5 Å². The van der Waals surface area contributed by atoms with Gasteiger partial charge in [0.1, 0.15) is 0 Å². The highest BCUT2D eigenvalue weighted by atomic mass is 15.3. The summed E-state index contributed by atoms with van der Waals surface area (Å²) >= 11 is 0. The van der Waals surface area contributed by atoms with Gasteiger partial charge in [-0.3, -0.25) is 0 Å². The Bertz CT molecular complexity index is 349. The van der Waals surface area contributed by atoms with E-state index in [1.54, 1.807) is 0 Å². The van der Waals surface area contributed by atoms with Gasteiger partial charge in [0, 0.05) is 12.4 Å². The molecule has 3 nitrogen and oxygen atoms in total. The minimum atomic E-state index is 0.100. The number of nitrogens with zero attached hydrogens (tertiary/aromatic N) is 1. The second kappa shape index (κ2) is 15.3. The average molecular weight is 350 g/mol. The Hall–Kier alpha value is -0.960. The second-order valence-electron chi connectivity index (χ2n) is 7.56. The van der Waals surface area contributed by atoms with Gasteiger partial charge in [-0.05, 0) is 39.0 Å². The van der Waals surface area contributed by atoms with Gasteiger partial charge >= 0.3 is 0 Å². The molecule has 3 heteroatoms. The molecule has 0 amide bonds.